The number of hydrogen-bond donors (Lipinski definition) is 2. The first kappa shape index (κ1) is 23.3. The molecule has 2 rings (SSSR count). The molecular weight excluding hydrogens is 349 g/mol. The summed E-state index contributed by atoms with van der Waals surface area (Å²) in [4.78, 5) is 4.38. The number of anilines is 1. The SMILES string of the molecule is C=C/C(=C\C(F)=C/C)CCNCc1ccc(-c2cc(C)cc(N)n2)cc1.CC. The third kappa shape index (κ3) is 7.89. The molecule has 0 aliphatic rings. The summed E-state index contributed by atoms with van der Waals surface area (Å²) in [5.74, 6) is 0.298. The number of aryl methyl sites for hydroxylation is 1. The van der Waals surface area contributed by atoms with Crippen molar-refractivity contribution in [2.75, 3.05) is 12.3 Å². The summed E-state index contributed by atoms with van der Waals surface area (Å²) < 4.78 is 13.3. The lowest BCUT2D eigenvalue weighted by Crippen LogP contribution is -2.15. The van der Waals surface area contributed by atoms with Crippen LogP contribution in [0.1, 0.15) is 38.3 Å². The highest BCUT2D eigenvalue weighted by atomic mass is 19.1. The Morgan fingerprint density at radius 1 is 1.21 bits per heavy atom. The second kappa shape index (κ2) is 12.6. The molecule has 0 atom stereocenters. The van der Waals surface area contributed by atoms with Gasteiger partial charge in [0.15, 0.2) is 0 Å². The first-order valence-electron chi connectivity index (χ1n) is 9.71. The van der Waals surface area contributed by atoms with Gasteiger partial charge in [-0.15, -0.1) is 0 Å². The molecule has 0 aliphatic heterocycles. The lowest BCUT2D eigenvalue weighted by atomic mass is 10.1. The molecular formula is C24H32FN3. The number of nitrogen functional groups attached to an aromatic ring is 1. The third-order valence-electron chi connectivity index (χ3n) is 4.02. The van der Waals surface area contributed by atoms with Crippen LogP contribution in [-0.2, 0) is 6.54 Å². The summed E-state index contributed by atoms with van der Waals surface area (Å²) in [7, 11) is 0. The molecule has 28 heavy (non-hydrogen) atoms. The number of benzene rings is 1. The second-order valence-electron chi connectivity index (χ2n) is 6.18. The van der Waals surface area contributed by atoms with Crippen molar-refractivity contribution in [1.29, 1.82) is 0 Å². The zero-order valence-electron chi connectivity index (χ0n) is 17.4. The summed E-state index contributed by atoms with van der Waals surface area (Å²) in [6, 6.07) is 12.1. The van der Waals surface area contributed by atoms with E-state index in [1.54, 1.807) is 13.0 Å². The zero-order chi connectivity index (χ0) is 20.9. The maximum atomic E-state index is 13.3. The molecule has 3 N–H and O–H groups in total. The highest BCUT2D eigenvalue weighted by Crippen LogP contribution is 2.20. The number of nitrogens with two attached hydrogens (primary N) is 1. The Bertz CT molecular complexity index is 785. The van der Waals surface area contributed by atoms with Crippen LogP contribution in [0, 0.1) is 6.92 Å². The number of hydrogen-bond acceptors (Lipinski definition) is 3. The number of aromatic nitrogens is 1. The van der Waals surface area contributed by atoms with E-state index in [0.717, 1.165) is 41.9 Å². The van der Waals surface area contributed by atoms with E-state index >= 15 is 0 Å². The molecule has 3 nitrogen and oxygen atoms in total. The fourth-order valence-electron chi connectivity index (χ4n) is 2.59. The van der Waals surface area contributed by atoms with Crippen molar-refractivity contribution in [3.05, 3.63) is 83.7 Å². The van der Waals surface area contributed by atoms with E-state index in [9.17, 15) is 4.39 Å². The Morgan fingerprint density at radius 3 is 2.46 bits per heavy atom. The second-order valence-corrected chi connectivity index (χ2v) is 6.18. The molecule has 0 bridgehead atoms. The quantitative estimate of drug-likeness (QED) is 0.427. The molecule has 0 fully saturated rings. The fourth-order valence-corrected chi connectivity index (χ4v) is 2.59. The van der Waals surface area contributed by atoms with Gasteiger partial charge in [-0.3, -0.25) is 0 Å². The first-order valence-corrected chi connectivity index (χ1v) is 9.71. The van der Waals surface area contributed by atoms with Gasteiger partial charge >= 0.3 is 0 Å². The van der Waals surface area contributed by atoms with Crippen LogP contribution >= 0.6 is 0 Å². The Balaban J connectivity index is 0.00000190. The van der Waals surface area contributed by atoms with Crippen LogP contribution in [0.15, 0.2) is 72.6 Å². The van der Waals surface area contributed by atoms with Gasteiger partial charge in [0.1, 0.15) is 11.6 Å². The molecule has 0 amide bonds. The maximum Gasteiger partial charge on any atom is 0.124 e. The average Bonchev–Trinajstić information content (AvgIpc) is 2.71. The molecule has 0 spiro atoms. The molecule has 0 aliphatic carbocycles. The number of halogens is 1. The van der Waals surface area contributed by atoms with Gasteiger partial charge < -0.3 is 11.1 Å². The molecule has 4 heteroatoms. The molecule has 0 unspecified atom stereocenters. The predicted molar refractivity (Wildman–Crippen MR) is 120 cm³/mol. The van der Waals surface area contributed by atoms with Crippen LogP contribution in [-0.4, -0.2) is 11.5 Å². The van der Waals surface area contributed by atoms with Crippen LogP contribution in [0.5, 0.6) is 0 Å². The van der Waals surface area contributed by atoms with E-state index in [-0.39, 0.29) is 5.83 Å². The highest BCUT2D eigenvalue weighted by Gasteiger charge is 2.02. The average molecular weight is 382 g/mol. The van der Waals surface area contributed by atoms with E-state index in [0.29, 0.717) is 5.82 Å². The monoisotopic (exact) mass is 381 g/mol. The molecule has 150 valence electrons. The van der Waals surface area contributed by atoms with Gasteiger partial charge in [-0.1, -0.05) is 56.8 Å². The maximum absolute atomic E-state index is 13.3. The van der Waals surface area contributed by atoms with E-state index in [2.05, 4.69) is 41.1 Å². The summed E-state index contributed by atoms with van der Waals surface area (Å²) in [5, 5.41) is 3.37. The van der Waals surface area contributed by atoms with Gasteiger partial charge in [0, 0.05) is 12.1 Å². The Morgan fingerprint density at radius 2 is 1.89 bits per heavy atom. The first-order chi connectivity index (χ1) is 13.5. The van der Waals surface area contributed by atoms with Crippen molar-refractivity contribution in [2.24, 2.45) is 0 Å². The summed E-state index contributed by atoms with van der Waals surface area (Å²) in [6.07, 6.45) is 5.38. The van der Waals surface area contributed by atoms with E-state index in [1.165, 1.54) is 17.7 Å². The topological polar surface area (TPSA) is 50.9 Å². The third-order valence-corrected chi connectivity index (χ3v) is 4.02. The van der Waals surface area contributed by atoms with Crippen molar-refractivity contribution in [3.8, 4) is 11.3 Å². The van der Waals surface area contributed by atoms with Crippen molar-refractivity contribution < 1.29 is 4.39 Å². The normalized spacial score (nSPS) is 11.6. The Labute approximate surface area is 168 Å². The van der Waals surface area contributed by atoms with Crippen LogP contribution < -0.4 is 11.1 Å². The van der Waals surface area contributed by atoms with Crippen molar-refractivity contribution in [1.82, 2.24) is 10.3 Å². The van der Waals surface area contributed by atoms with E-state index in [4.69, 9.17) is 5.73 Å². The molecule has 1 heterocycles. The standard InChI is InChI=1S/C22H26FN3.C2H6/c1-4-17(14-20(23)5-2)10-11-25-15-18-6-8-19(9-7-18)21-12-16(3)13-22(24)26-21;1-2/h4-9,12-14,25H,1,10-11,15H2,2-3H3,(H2,24,26);1-2H3/b17-14+,20-5+;. The number of nitrogens with one attached hydrogen (secondary N) is 1. The van der Waals surface area contributed by atoms with Gasteiger partial charge in [-0.05, 0) is 61.7 Å². The lowest BCUT2D eigenvalue weighted by Gasteiger charge is -2.08. The minimum Gasteiger partial charge on any atom is -0.384 e. The van der Waals surface area contributed by atoms with Crippen LogP contribution in [0.25, 0.3) is 11.3 Å². The van der Waals surface area contributed by atoms with Crippen LogP contribution in [0.2, 0.25) is 0 Å². The summed E-state index contributed by atoms with van der Waals surface area (Å²) in [5.41, 5.74) is 10.9. The minimum absolute atomic E-state index is 0.235. The Kier molecular flexibility index (Phi) is 10.5. The number of allylic oxidation sites excluding steroid dienone is 4. The number of rotatable bonds is 8. The molecule has 0 saturated heterocycles. The number of nitrogens with zero attached hydrogens (tertiary/aromatic N) is 1. The van der Waals surface area contributed by atoms with E-state index in [1.807, 2.05) is 32.9 Å². The Hall–Kier alpha value is -2.72. The zero-order valence-corrected chi connectivity index (χ0v) is 17.4. The molecule has 1 aromatic heterocycles. The van der Waals surface area contributed by atoms with Gasteiger partial charge in [0.2, 0.25) is 0 Å². The molecule has 1 aromatic carbocycles. The van der Waals surface area contributed by atoms with E-state index < -0.39 is 0 Å². The minimum atomic E-state index is -0.235. The fraction of sp³-hybridized carbons (Fsp3) is 0.292. The molecule has 2 aromatic rings. The van der Waals surface area contributed by atoms with Gasteiger partial charge in [0.25, 0.3) is 0 Å². The van der Waals surface area contributed by atoms with Gasteiger partial charge in [-0.2, -0.15) is 0 Å². The number of pyridine rings is 1. The van der Waals surface area contributed by atoms with Crippen molar-refractivity contribution in [3.63, 3.8) is 0 Å². The van der Waals surface area contributed by atoms with Gasteiger partial charge in [-0.25, -0.2) is 9.37 Å². The van der Waals surface area contributed by atoms with Crippen LogP contribution in [0.3, 0.4) is 0 Å². The van der Waals surface area contributed by atoms with Gasteiger partial charge in [0.05, 0.1) is 5.69 Å². The summed E-state index contributed by atoms with van der Waals surface area (Å²) >= 11 is 0. The molecule has 0 radical (unpaired) electrons. The van der Waals surface area contributed by atoms with Crippen molar-refractivity contribution >= 4 is 5.82 Å². The molecule has 0 saturated carbocycles. The smallest absolute Gasteiger partial charge is 0.124 e. The highest BCUT2D eigenvalue weighted by molar-refractivity contribution is 5.62. The summed E-state index contributed by atoms with van der Waals surface area (Å²) in [6.45, 7) is 12.9. The lowest BCUT2D eigenvalue weighted by molar-refractivity contribution is 0.657. The largest absolute Gasteiger partial charge is 0.384 e. The van der Waals surface area contributed by atoms with Crippen molar-refractivity contribution in [2.45, 2.75) is 40.7 Å². The predicted octanol–water partition coefficient (Wildman–Crippen LogP) is 6.13. The van der Waals surface area contributed by atoms with Crippen LogP contribution in [0.4, 0.5) is 10.2 Å².